The lowest BCUT2D eigenvalue weighted by atomic mass is 9.89. The summed E-state index contributed by atoms with van der Waals surface area (Å²) in [6.07, 6.45) is 3.99. The first-order valence-electron chi connectivity index (χ1n) is 9.67. The van der Waals surface area contributed by atoms with E-state index in [0.717, 1.165) is 65.7 Å². The molecular weight excluding hydrogens is 338 g/mol. The maximum atomic E-state index is 12.4. The van der Waals surface area contributed by atoms with Gasteiger partial charge in [-0.3, -0.25) is 0 Å². The van der Waals surface area contributed by atoms with Gasteiger partial charge in [-0.15, -0.1) is 0 Å². The van der Waals surface area contributed by atoms with Gasteiger partial charge in [-0.05, 0) is 63.3 Å². The van der Waals surface area contributed by atoms with E-state index in [1.54, 1.807) is 0 Å². The van der Waals surface area contributed by atoms with Crippen LogP contribution in [0.3, 0.4) is 0 Å². The number of aryl methyl sites for hydroxylation is 3. The zero-order chi connectivity index (χ0) is 18.5. The summed E-state index contributed by atoms with van der Waals surface area (Å²) in [5.41, 5.74) is 7.10. The van der Waals surface area contributed by atoms with Crippen LogP contribution in [0, 0.1) is 13.8 Å². The van der Waals surface area contributed by atoms with E-state index in [9.17, 15) is 4.79 Å². The number of hydrogen-bond donors (Lipinski definition) is 0. The Bertz CT molecular complexity index is 1100. The molecule has 2 heterocycles. The number of fused-ring (bicyclic) bond motifs is 4. The number of benzene rings is 2. The predicted octanol–water partition coefficient (Wildman–Crippen LogP) is 4.65. The number of anilines is 1. The van der Waals surface area contributed by atoms with Crippen LogP contribution in [0.2, 0.25) is 0 Å². The fraction of sp³-hybridized carbons (Fsp3) is 0.348. The average molecular weight is 361 g/mol. The molecule has 2 aromatic carbocycles. The van der Waals surface area contributed by atoms with Crippen molar-refractivity contribution in [2.45, 2.75) is 46.1 Å². The van der Waals surface area contributed by atoms with Gasteiger partial charge in [-0.2, -0.15) is 0 Å². The molecule has 1 aromatic heterocycles. The second-order valence-corrected chi connectivity index (χ2v) is 7.73. The Kier molecular flexibility index (Phi) is 3.74. The zero-order valence-corrected chi connectivity index (χ0v) is 15.8. The second kappa shape index (κ2) is 6.15. The fourth-order valence-corrected chi connectivity index (χ4v) is 4.42. The molecule has 0 saturated heterocycles. The highest BCUT2D eigenvalue weighted by Gasteiger charge is 2.25. The molecule has 0 saturated carbocycles. The summed E-state index contributed by atoms with van der Waals surface area (Å²) in [5, 5.41) is 1.09. The Labute approximate surface area is 158 Å². The third kappa shape index (κ3) is 2.62. The topological polar surface area (TPSA) is 42.7 Å². The maximum absolute atomic E-state index is 12.4. The Morgan fingerprint density at radius 3 is 2.52 bits per heavy atom. The molecule has 0 radical (unpaired) electrons. The van der Waals surface area contributed by atoms with Crippen molar-refractivity contribution >= 4 is 16.7 Å². The van der Waals surface area contributed by atoms with Gasteiger partial charge in [0.05, 0.1) is 0 Å². The van der Waals surface area contributed by atoms with Gasteiger partial charge in [-0.25, -0.2) is 4.79 Å². The van der Waals surface area contributed by atoms with Crippen molar-refractivity contribution in [3.05, 3.63) is 68.6 Å². The summed E-state index contributed by atoms with van der Waals surface area (Å²) >= 11 is 0. The van der Waals surface area contributed by atoms with E-state index in [4.69, 9.17) is 9.15 Å². The van der Waals surface area contributed by atoms with Crippen LogP contribution in [0.4, 0.5) is 5.69 Å². The van der Waals surface area contributed by atoms with E-state index in [1.165, 1.54) is 11.1 Å². The van der Waals surface area contributed by atoms with Gasteiger partial charge in [-0.1, -0.05) is 17.7 Å². The van der Waals surface area contributed by atoms with E-state index in [-0.39, 0.29) is 5.63 Å². The van der Waals surface area contributed by atoms with Gasteiger partial charge in [0, 0.05) is 34.3 Å². The third-order valence-electron chi connectivity index (χ3n) is 5.90. The van der Waals surface area contributed by atoms with Gasteiger partial charge in [0.15, 0.2) is 6.73 Å². The van der Waals surface area contributed by atoms with Crippen LogP contribution >= 0.6 is 0 Å². The molecular formula is C23H23NO3. The van der Waals surface area contributed by atoms with Crippen molar-refractivity contribution in [2.75, 3.05) is 11.6 Å². The molecule has 138 valence electrons. The highest BCUT2D eigenvalue weighted by atomic mass is 16.5. The summed E-state index contributed by atoms with van der Waals surface area (Å²) in [6, 6.07) is 10.7. The molecule has 0 bridgehead atoms. The van der Waals surface area contributed by atoms with Crippen LogP contribution in [0.25, 0.3) is 11.0 Å². The summed E-state index contributed by atoms with van der Waals surface area (Å²) in [6.45, 7) is 5.39. The van der Waals surface area contributed by atoms with E-state index in [1.807, 2.05) is 6.92 Å². The van der Waals surface area contributed by atoms with E-state index in [2.05, 4.69) is 42.2 Å². The van der Waals surface area contributed by atoms with Crippen LogP contribution in [-0.2, 0) is 19.4 Å². The first-order chi connectivity index (χ1) is 13.1. The summed E-state index contributed by atoms with van der Waals surface area (Å²) < 4.78 is 11.8. The van der Waals surface area contributed by atoms with Crippen LogP contribution in [0.5, 0.6) is 5.75 Å². The predicted molar refractivity (Wildman–Crippen MR) is 107 cm³/mol. The fourth-order valence-electron chi connectivity index (χ4n) is 4.42. The minimum atomic E-state index is -0.169. The highest BCUT2D eigenvalue weighted by molar-refractivity contribution is 5.87. The van der Waals surface area contributed by atoms with Crippen molar-refractivity contribution in [3.63, 3.8) is 0 Å². The van der Waals surface area contributed by atoms with Gasteiger partial charge in [0.25, 0.3) is 0 Å². The van der Waals surface area contributed by atoms with Crippen molar-refractivity contribution in [1.82, 2.24) is 0 Å². The number of ether oxygens (including phenoxy) is 1. The highest BCUT2D eigenvalue weighted by Crippen LogP contribution is 2.38. The largest absolute Gasteiger partial charge is 0.472 e. The van der Waals surface area contributed by atoms with Gasteiger partial charge in [0.1, 0.15) is 11.3 Å². The Morgan fingerprint density at radius 2 is 1.74 bits per heavy atom. The lowest BCUT2D eigenvalue weighted by Gasteiger charge is -2.32. The van der Waals surface area contributed by atoms with Crippen molar-refractivity contribution in [3.8, 4) is 5.75 Å². The average Bonchev–Trinajstić information content (AvgIpc) is 2.70. The molecule has 1 aliphatic carbocycles. The van der Waals surface area contributed by atoms with Crippen molar-refractivity contribution < 1.29 is 9.15 Å². The lowest BCUT2D eigenvalue weighted by molar-refractivity contribution is 0.287. The van der Waals surface area contributed by atoms with E-state index < -0.39 is 0 Å². The first-order valence-corrected chi connectivity index (χ1v) is 9.67. The molecule has 0 amide bonds. The minimum Gasteiger partial charge on any atom is -0.472 e. The van der Waals surface area contributed by atoms with Crippen LogP contribution in [0.15, 0.2) is 39.5 Å². The van der Waals surface area contributed by atoms with Crippen molar-refractivity contribution in [1.29, 1.82) is 0 Å². The van der Waals surface area contributed by atoms with Gasteiger partial charge in [0.2, 0.25) is 0 Å². The lowest BCUT2D eigenvalue weighted by Crippen LogP contribution is -2.32. The van der Waals surface area contributed by atoms with Crippen molar-refractivity contribution in [2.24, 2.45) is 0 Å². The summed E-state index contributed by atoms with van der Waals surface area (Å²) in [7, 11) is 0. The van der Waals surface area contributed by atoms with Gasteiger partial charge >= 0.3 is 5.63 Å². The molecule has 4 heteroatoms. The molecule has 1 aliphatic heterocycles. The number of rotatable bonds is 1. The normalized spacial score (nSPS) is 16.0. The van der Waals surface area contributed by atoms with E-state index >= 15 is 0 Å². The Balaban J connectivity index is 1.64. The minimum absolute atomic E-state index is 0.169. The SMILES string of the molecule is Cc1ccc(N2COc3c(cc4c5c(c(=O)oc4c3C)CCCC5)C2)cc1. The van der Waals surface area contributed by atoms with Crippen LogP contribution in [-0.4, -0.2) is 6.73 Å². The standard InChI is InChI=1S/C23H23NO3/c1-14-7-9-17(10-8-14)24-12-16-11-20-18-5-3-4-6-19(18)23(25)27-22(20)15(2)21(16)26-13-24/h7-11H,3-6,12-13H2,1-2H3. The molecule has 2 aliphatic rings. The molecule has 4 nitrogen and oxygen atoms in total. The van der Waals surface area contributed by atoms with Crippen LogP contribution in [0.1, 0.15) is 40.7 Å². The first kappa shape index (κ1) is 16.4. The summed E-state index contributed by atoms with van der Waals surface area (Å²) in [5.74, 6) is 0.866. The quantitative estimate of drug-likeness (QED) is 0.592. The molecule has 27 heavy (non-hydrogen) atoms. The zero-order valence-electron chi connectivity index (χ0n) is 15.8. The summed E-state index contributed by atoms with van der Waals surface area (Å²) in [4.78, 5) is 14.7. The van der Waals surface area contributed by atoms with Crippen LogP contribution < -0.4 is 15.3 Å². The third-order valence-corrected chi connectivity index (χ3v) is 5.90. The second-order valence-electron chi connectivity index (χ2n) is 7.73. The smallest absolute Gasteiger partial charge is 0.339 e. The molecule has 0 unspecified atom stereocenters. The van der Waals surface area contributed by atoms with Gasteiger partial charge < -0.3 is 14.1 Å². The van der Waals surface area contributed by atoms with E-state index in [0.29, 0.717) is 12.3 Å². The molecule has 0 atom stereocenters. The molecule has 0 fully saturated rings. The number of hydrogen-bond acceptors (Lipinski definition) is 4. The molecule has 5 rings (SSSR count). The molecule has 0 N–H and O–H groups in total. The molecule has 3 aromatic rings. The molecule has 0 spiro atoms. The maximum Gasteiger partial charge on any atom is 0.339 e. The number of nitrogens with zero attached hydrogens (tertiary/aromatic N) is 1. The Hall–Kier alpha value is -2.75. The monoisotopic (exact) mass is 361 g/mol. The Morgan fingerprint density at radius 1 is 1.00 bits per heavy atom.